The molecule has 0 fully saturated rings. The SMILES string of the molecule is COC(=O)c1ccccc1.O=C(O)C(F)(F)F. The number of rotatable bonds is 1. The van der Waals surface area contributed by atoms with Gasteiger partial charge >= 0.3 is 18.1 Å². The number of halogens is 3. The van der Waals surface area contributed by atoms with Gasteiger partial charge in [0.2, 0.25) is 0 Å². The molecule has 1 N–H and O–H groups in total. The maximum absolute atomic E-state index is 10.8. The van der Waals surface area contributed by atoms with Gasteiger partial charge in [0, 0.05) is 0 Å². The summed E-state index contributed by atoms with van der Waals surface area (Å²) in [4.78, 5) is 19.7. The van der Waals surface area contributed by atoms with Gasteiger partial charge in [-0.15, -0.1) is 0 Å². The average Bonchev–Trinajstić information content (AvgIpc) is 2.28. The van der Waals surface area contributed by atoms with Gasteiger partial charge in [-0.1, -0.05) is 18.2 Å². The Morgan fingerprint density at radius 3 is 1.88 bits per heavy atom. The summed E-state index contributed by atoms with van der Waals surface area (Å²) in [6, 6.07) is 8.88. The van der Waals surface area contributed by atoms with Gasteiger partial charge in [-0.3, -0.25) is 0 Å². The van der Waals surface area contributed by atoms with E-state index in [1.54, 1.807) is 24.3 Å². The molecule has 0 radical (unpaired) electrons. The fourth-order valence-electron chi connectivity index (χ4n) is 0.692. The first-order valence-electron chi connectivity index (χ1n) is 4.22. The molecule has 1 rings (SSSR count). The molecular formula is C10H9F3O4. The molecule has 1 aromatic rings. The van der Waals surface area contributed by atoms with Crippen LogP contribution in [0.3, 0.4) is 0 Å². The second kappa shape index (κ2) is 6.51. The predicted molar refractivity (Wildman–Crippen MR) is 51.5 cm³/mol. The number of aliphatic carboxylic acids is 1. The summed E-state index contributed by atoms with van der Waals surface area (Å²) >= 11 is 0. The zero-order valence-corrected chi connectivity index (χ0v) is 8.69. The van der Waals surface area contributed by atoms with E-state index < -0.39 is 12.1 Å². The van der Waals surface area contributed by atoms with E-state index in [1.165, 1.54) is 7.11 Å². The summed E-state index contributed by atoms with van der Waals surface area (Å²) < 4.78 is 36.2. The topological polar surface area (TPSA) is 63.6 Å². The van der Waals surface area contributed by atoms with Crippen molar-refractivity contribution in [2.45, 2.75) is 6.18 Å². The fourth-order valence-corrected chi connectivity index (χ4v) is 0.692. The smallest absolute Gasteiger partial charge is 0.475 e. The highest BCUT2D eigenvalue weighted by Gasteiger charge is 2.38. The molecule has 0 aromatic heterocycles. The zero-order chi connectivity index (χ0) is 13.5. The molecule has 0 aliphatic carbocycles. The Morgan fingerprint density at radius 1 is 1.18 bits per heavy atom. The van der Waals surface area contributed by atoms with Crippen LogP contribution in [0.2, 0.25) is 0 Å². The summed E-state index contributed by atoms with van der Waals surface area (Å²) in [6.45, 7) is 0. The molecule has 7 heteroatoms. The molecule has 4 nitrogen and oxygen atoms in total. The van der Waals surface area contributed by atoms with Crippen LogP contribution in [0.5, 0.6) is 0 Å². The van der Waals surface area contributed by atoms with Crippen LogP contribution in [0.4, 0.5) is 13.2 Å². The number of alkyl halides is 3. The standard InChI is InChI=1S/C8H8O2.C2HF3O2/c1-10-8(9)7-5-3-2-4-6-7;3-2(4,5)1(6)7/h2-6H,1H3;(H,6,7). The Morgan fingerprint density at radius 2 is 1.59 bits per heavy atom. The third kappa shape index (κ3) is 6.18. The highest BCUT2D eigenvalue weighted by atomic mass is 19.4. The van der Waals surface area contributed by atoms with Gasteiger partial charge < -0.3 is 9.84 Å². The molecule has 0 unspecified atom stereocenters. The molecule has 0 aliphatic rings. The molecule has 0 bridgehead atoms. The molecular weight excluding hydrogens is 241 g/mol. The largest absolute Gasteiger partial charge is 0.490 e. The lowest BCUT2D eigenvalue weighted by Crippen LogP contribution is -2.21. The minimum Gasteiger partial charge on any atom is -0.475 e. The van der Waals surface area contributed by atoms with Crippen LogP contribution in [-0.2, 0) is 9.53 Å². The van der Waals surface area contributed by atoms with E-state index in [0.29, 0.717) is 5.56 Å². The van der Waals surface area contributed by atoms with Crippen LogP contribution in [0.25, 0.3) is 0 Å². The highest BCUT2D eigenvalue weighted by molar-refractivity contribution is 5.89. The van der Waals surface area contributed by atoms with Crippen LogP contribution in [-0.4, -0.2) is 30.3 Å². The Balaban J connectivity index is 0.000000325. The molecule has 0 amide bonds. The Hall–Kier alpha value is -2.05. The summed E-state index contributed by atoms with van der Waals surface area (Å²) in [7, 11) is 1.37. The van der Waals surface area contributed by atoms with Crippen LogP contribution in [0.1, 0.15) is 10.4 Å². The lowest BCUT2D eigenvalue weighted by atomic mass is 10.2. The van der Waals surface area contributed by atoms with Gasteiger partial charge in [0.1, 0.15) is 0 Å². The van der Waals surface area contributed by atoms with Crippen LogP contribution in [0, 0.1) is 0 Å². The summed E-state index contributed by atoms with van der Waals surface area (Å²) in [5.41, 5.74) is 0.588. The van der Waals surface area contributed by atoms with E-state index in [9.17, 15) is 18.0 Å². The minimum atomic E-state index is -5.08. The lowest BCUT2D eigenvalue weighted by molar-refractivity contribution is -0.192. The number of hydrogen-bond acceptors (Lipinski definition) is 3. The minimum absolute atomic E-state index is 0.291. The summed E-state index contributed by atoms with van der Waals surface area (Å²) in [6.07, 6.45) is -5.08. The number of hydrogen-bond donors (Lipinski definition) is 1. The van der Waals surface area contributed by atoms with Crippen molar-refractivity contribution in [3.8, 4) is 0 Å². The van der Waals surface area contributed by atoms with Gasteiger partial charge in [0.05, 0.1) is 12.7 Å². The average molecular weight is 250 g/mol. The maximum Gasteiger partial charge on any atom is 0.490 e. The van der Waals surface area contributed by atoms with Crippen molar-refractivity contribution in [3.05, 3.63) is 35.9 Å². The Bertz CT molecular complexity index is 373. The maximum atomic E-state index is 10.8. The van der Waals surface area contributed by atoms with Gasteiger partial charge in [0.15, 0.2) is 0 Å². The van der Waals surface area contributed by atoms with Crippen molar-refractivity contribution in [1.29, 1.82) is 0 Å². The number of esters is 1. The highest BCUT2D eigenvalue weighted by Crippen LogP contribution is 2.13. The fraction of sp³-hybridized carbons (Fsp3) is 0.200. The van der Waals surface area contributed by atoms with Crippen LogP contribution < -0.4 is 0 Å². The molecule has 1 aromatic carbocycles. The number of ether oxygens (including phenoxy) is 1. The summed E-state index contributed by atoms with van der Waals surface area (Å²) in [5.74, 6) is -3.05. The first-order valence-corrected chi connectivity index (χ1v) is 4.22. The van der Waals surface area contributed by atoms with E-state index in [-0.39, 0.29) is 5.97 Å². The first-order chi connectivity index (χ1) is 7.79. The van der Waals surface area contributed by atoms with E-state index in [1.807, 2.05) is 6.07 Å². The third-order valence-corrected chi connectivity index (χ3v) is 1.44. The van der Waals surface area contributed by atoms with Crippen molar-refractivity contribution < 1.29 is 32.6 Å². The monoisotopic (exact) mass is 250 g/mol. The van der Waals surface area contributed by atoms with Gasteiger partial charge in [-0.25, -0.2) is 9.59 Å². The number of carboxylic acid groups (broad SMARTS) is 1. The molecule has 0 heterocycles. The van der Waals surface area contributed by atoms with Gasteiger partial charge in [0.25, 0.3) is 0 Å². The van der Waals surface area contributed by atoms with Crippen molar-refractivity contribution in [2.75, 3.05) is 7.11 Å². The molecule has 0 aliphatic heterocycles. The number of carbonyl (C=O) groups is 2. The zero-order valence-electron chi connectivity index (χ0n) is 8.69. The van der Waals surface area contributed by atoms with E-state index in [2.05, 4.69) is 4.74 Å². The number of carbonyl (C=O) groups excluding carboxylic acids is 1. The second-order valence-corrected chi connectivity index (χ2v) is 2.66. The Kier molecular flexibility index (Phi) is 5.73. The predicted octanol–water partition coefficient (Wildman–Crippen LogP) is 2.11. The first kappa shape index (κ1) is 14.9. The second-order valence-electron chi connectivity index (χ2n) is 2.66. The van der Waals surface area contributed by atoms with Crippen molar-refractivity contribution in [1.82, 2.24) is 0 Å². The Labute approximate surface area is 94.6 Å². The van der Waals surface area contributed by atoms with Crippen LogP contribution >= 0.6 is 0 Å². The number of methoxy groups -OCH3 is 1. The molecule has 94 valence electrons. The molecule has 0 atom stereocenters. The van der Waals surface area contributed by atoms with Crippen molar-refractivity contribution in [2.24, 2.45) is 0 Å². The summed E-state index contributed by atoms with van der Waals surface area (Å²) in [5, 5.41) is 7.12. The van der Waals surface area contributed by atoms with Crippen molar-refractivity contribution >= 4 is 11.9 Å². The molecule has 17 heavy (non-hydrogen) atoms. The van der Waals surface area contributed by atoms with E-state index in [4.69, 9.17) is 9.90 Å². The normalized spacial score (nSPS) is 9.88. The number of carboxylic acids is 1. The quantitative estimate of drug-likeness (QED) is 0.775. The molecule has 0 saturated carbocycles. The van der Waals surface area contributed by atoms with E-state index >= 15 is 0 Å². The lowest BCUT2D eigenvalue weighted by Gasteiger charge is -1.95. The third-order valence-electron chi connectivity index (χ3n) is 1.44. The number of benzene rings is 1. The van der Waals surface area contributed by atoms with Gasteiger partial charge in [-0.2, -0.15) is 13.2 Å². The molecule has 0 saturated heterocycles. The van der Waals surface area contributed by atoms with Crippen molar-refractivity contribution in [3.63, 3.8) is 0 Å². The van der Waals surface area contributed by atoms with E-state index in [0.717, 1.165) is 0 Å². The van der Waals surface area contributed by atoms with Crippen LogP contribution in [0.15, 0.2) is 30.3 Å². The molecule has 0 spiro atoms. The van der Waals surface area contributed by atoms with Gasteiger partial charge in [-0.05, 0) is 12.1 Å².